The van der Waals surface area contributed by atoms with Crippen LogP contribution in [0.4, 0.5) is 0 Å². The second-order valence-electron chi connectivity index (χ2n) is 6.70. The minimum atomic E-state index is -3.80. The number of nitrogens with zero attached hydrogens (tertiary/aromatic N) is 2. The van der Waals surface area contributed by atoms with Gasteiger partial charge in [0, 0.05) is 6.04 Å². The second kappa shape index (κ2) is 8.26. The predicted molar refractivity (Wildman–Crippen MR) is 111 cm³/mol. The SMILES string of the molecule is COc1ccc(C(C)NS(=O)(=O)c2c(C)nn(-c3ccccc3)c2C)cc1OC. The van der Waals surface area contributed by atoms with E-state index in [1.807, 2.05) is 36.4 Å². The molecule has 0 spiro atoms. The molecule has 0 fully saturated rings. The number of hydrogen-bond acceptors (Lipinski definition) is 5. The monoisotopic (exact) mass is 415 g/mol. The molecule has 29 heavy (non-hydrogen) atoms. The highest BCUT2D eigenvalue weighted by atomic mass is 32.2. The molecule has 7 nitrogen and oxygen atoms in total. The van der Waals surface area contributed by atoms with Gasteiger partial charge in [0.25, 0.3) is 0 Å². The first-order chi connectivity index (χ1) is 13.8. The summed E-state index contributed by atoms with van der Waals surface area (Å²) >= 11 is 0. The summed E-state index contributed by atoms with van der Waals surface area (Å²) in [5, 5.41) is 4.44. The molecule has 154 valence electrons. The third-order valence-electron chi connectivity index (χ3n) is 4.73. The van der Waals surface area contributed by atoms with E-state index in [9.17, 15) is 8.42 Å². The number of aryl methyl sites for hydroxylation is 1. The van der Waals surface area contributed by atoms with Crippen molar-refractivity contribution in [2.45, 2.75) is 31.7 Å². The van der Waals surface area contributed by atoms with E-state index in [2.05, 4.69) is 9.82 Å². The van der Waals surface area contributed by atoms with Crippen LogP contribution in [-0.2, 0) is 10.0 Å². The molecule has 1 unspecified atom stereocenters. The van der Waals surface area contributed by atoms with Crippen LogP contribution in [0.15, 0.2) is 53.4 Å². The lowest BCUT2D eigenvalue weighted by molar-refractivity contribution is 0.354. The van der Waals surface area contributed by atoms with Gasteiger partial charge in [0.05, 0.1) is 31.3 Å². The first-order valence-electron chi connectivity index (χ1n) is 9.14. The van der Waals surface area contributed by atoms with Crippen molar-refractivity contribution in [2.24, 2.45) is 0 Å². The summed E-state index contributed by atoms with van der Waals surface area (Å²) in [6.45, 7) is 5.23. The molecule has 0 aliphatic rings. The van der Waals surface area contributed by atoms with Crippen LogP contribution in [0.1, 0.15) is 29.9 Å². The number of aromatic nitrogens is 2. The molecule has 0 amide bonds. The molecule has 1 aromatic heterocycles. The molecule has 0 aliphatic heterocycles. The van der Waals surface area contributed by atoms with Crippen molar-refractivity contribution in [3.8, 4) is 17.2 Å². The molecule has 0 saturated carbocycles. The lowest BCUT2D eigenvalue weighted by Crippen LogP contribution is -2.27. The Balaban J connectivity index is 1.93. The van der Waals surface area contributed by atoms with Gasteiger partial charge in [0.15, 0.2) is 11.5 Å². The molecule has 0 radical (unpaired) electrons. The number of benzene rings is 2. The Hall–Kier alpha value is -2.84. The number of nitrogens with one attached hydrogen (secondary N) is 1. The Morgan fingerprint density at radius 1 is 1.00 bits per heavy atom. The number of ether oxygens (including phenoxy) is 2. The van der Waals surface area contributed by atoms with Crippen molar-refractivity contribution < 1.29 is 17.9 Å². The summed E-state index contributed by atoms with van der Waals surface area (Å²) in [5.41, 5.74) is 2.57. The highest BCUT2D eigenvalue weighted by molar-refractivity contribution is 7.89. The van der Waals surface area contributed by atoms with Crippen LogP contribution in [0.5, 0.6) is 11.5 Å². The van der Waals surface area contributed by atoms with E-state index in [4.69, 9.17) is 9.47 Å². The summed E-state index contributed by atoms with van der Waals surface area (Å²) in [4.78, 5) is 0.189. The van der Waals surface area contributed by atoms with E-state index >= 15 is 0 Å². The van der Waals surface area contributed by atoms with Crippen molar-refractivity contribution >= 4 is 10.0 Å². The quantitative estimate of drug-likeness (QED) is 0.638. The van der Waals surface area contributed by atoms with E-state index < -0.39 is 16.1 Å². The number of methoxy groups -OCH3 is 2. The van der Waals surface area contributed by atoms with Crippen molar-refractivity contribution in [1.29, 1.82) is 0 Å². The topological polar surface area (TPSA) is 82.5 Å². The molecule has 1 atom stereocenters. The zero-order valence-corrected chi connectivity index (χ0v) is 17.9. The molecule has 0 saturated heterocycles. The largest absolute Gasteiger partial charge is 0.493 e. The zero-order valence-electron chi connectivity index (χ0n) is 17.1. The third kappa shape index (κ3) is 4.13. The van der Waals surface area contributed by atoms with E-state index in [0.717, 1.165) is 11.3 Å². The Bertz CT molecular complexity index is 1110. The fraction of sp³-hybridized carbons (Fsp3) is 0.286. The third-order valence-corrected chi connectivity index (χ3v) is 6.53. The number of hydrogen-bond donors (Lipinski definition) is 1. The van der Waals surface area contributed by atoms with Gasteiger partial charge in [-0.2, -0.15) is 5.10 Å². The number of rotatable bonds is 7. The van der Waals surface area contributed by atoms with Crippen molar-refractivity contribution in [1.82, 2.24) is 14.5 Å². The summed E-state index contributed by atoms with van der Waals surface area (Å²) in [7, 11) is -0.699. The molecular weight excluding hydrogens is 390 g/mol. The number of sulfonamides is 1. The van der Waals surface area contributed by atoms with Crippen LogP contribution in [0.25, 0.3) is 5.69 Å². The number of para-hydroxylation sites is 1. The van der Waals surface area contributed by atoms with Gasteiger partial charge in [-0.05, 0) is 50.6 Å². The van der Waals surface area contributed by atoms with Gasteiger partial charge in [-0.15, -0.1) is 0 Å². The van der Waals surface area contributed by atoms with Crippen LogP contribution in [0.3, 0.4) is 0 Å². The normalized spacial score (nSPS) is 12.6. The fourth-order valence-electron chi connectivity index (χ4n) is 3.32. The van der Waals surface area contributed by atoms with Gasteiger partial charge in [0.1, 0.15) is 4.90 Å². The molecule has 2 aromatic carbocycles. The minimum absolute atomic E-state index is 0.189. The molecular formula is C21H25N3O4S. The summed E-state index contributed by atoms with van der Waals surface area (Å²) in [5.74, 6) is 1.13. The maximum atomic E-state index is 13.2. The van der Waals surface area contributed by atoms with Crippen LogP contribution < -0.4 is 14.2 Å². The van der Waals surface area contributed by atoms with E-state index in [1.54, 1.807) is 51.8 Å². The van der Waals surface area contributed by atoms with Crippen LogP contribution in [0.2, 0.25) is 0 Å². The predicted octanol–water partition coefficient (Wildman–Crippen LogP) is 3.55. The average molecular weight is 416 g/mol. The smallest absolute Gasteiger partial charge is 0.244 e. The van der Waals surface area contributed by atoms with Gasteiger partial charge in [0.2, 0.25) is 10.0 Å². The maximum Gasteiger partial charge on any atom is 0.244 e. The van der Waals surface area contributed by atoms with Gasteiger partial charge in [-0.1, -0.05) is 24.3 Å². The summed E-state index contributed by atoms with van der Waals surface area (Å²) < 4.78 is 41.3. The van der Waals surface area contributed by atoms with Crippen LogP contribution in [-0.4, -0.2) is 32.4 Å². The van der Waals surface area contributed by atoms with Gasteiger partial charge in [-0.25, -0.2) is 17.8 Å². The Morgan fingerprint density at radius 2 is 1.66 bits per heavy atom. The molecule has 0 aliphatic carbocycles. The molecule has 3 rings (SSSR count). The Kier molecular flexibility index (Phi) is 5.95. The lowest BCUT2D eigenvalue weighted by Gasteiger charge is -2.17. The van der Waals surface area contributed by atoms with Gasteiger partial charge in [-0.3, -0.25) is 0 Å². The summed E-state index contributed by atoms with van der Waals surface area (Å²) in [6, 6.07) is 14.3. The van der Waals surface area contributed by atoms with E-state index in [-0.39, 0.29) is 4.90 Å². The van der Waals surface area contributed by atoms with Crippen molar-refractivity contribution in [3.63, 3.8) is 0 Å². The van der Waals surface area contributed by atoms with Gasteiger partial charge >= 0.3 is 0 Å². The standard InChI is InChI=1S/C21H25N3O4S/c1-14(17-11-12-19(27-4)20(13-17)28-5)23-29(25,26)21-15(2)22-24(16(21)3)18-9-7-6-8-10-18/h6-14,23H,1-5H3. The second-order valence-corrected chi connectivity index (χ2v) is 8.36. The highest BCUT2D eigenvalue weighted by Gasteiger charge is 2.27. The van der Waals surface area contributed by atoms with Crippen molar-refractivity contribution in [2.75, 3.05) is 14.2 Å². The Labute approximate surface area is 171 Å². The van der Waals surface area contributed by atoms with E-state index in [0.29, 0.717) is 22.9 Å². The average Bonchev–Trinajstić information content (AvgIpc) is 3.02. The highest BCUT2D eigenvalue weighted by Crippen LogP contribution is 2.31. The maximum absolute atomic E-state index is 13.2. The zero-order chi connectivity index (χ0) is 21.2. The van der Waals surface area contributed by atoms with Crippen molar-refractivity contribution in [3.05, 3.63) is 65.5 Å². The van der Waals surface area contributed by atoms with Gasteiger partial charge < -0.3 is 9.47 Å². The minimum Gasteiger partial charge on any atom is -0.493 e. The molecule has 1 heterocycles. The fourth-order valence-corrected chi connectivity index (χ4v) is 4.94. The first-order valence-corrected chi connectivity index (χ1v) is 10.6. The molecule has 1 N–H and O–H groups in total. The molecule has 8 heteroatoms. The summed E-state index contributed by atoms with van der Waals surface area (Å²) in [6.07, 6.45) is 0. The van der Waals surface area contributed by atoms with E-state index in [1.165, 1.54) is 0 Å². The van der Waals surface area contributed by atoms with Crippen LogP contribution in [0, 0.1) is 13.8 Å². The van der Waals surface area contributed by atoms with Crippen LogP contribution >= 0.6 is 0 Å². The molecule has 0 bridgehead atoms. The Morgan fingerprint density at radius 3 is 2.28 bits per heavy atom. The molecule has 3 aromatic rings. The lowest BCUT2D eigenvalue weighted by atomic mass is 10.1. The first kappa shape index (κ1) is 20.9.